The Morgan fingerprint density at radius 3 is 3.06 bits per heavy atom. The highest BCUT2D eigenvalue weighted by Crippen LogP contribution is 2.24. The van der Waals surface area contributed by atoms with Crippen LogP contribution in [0.5, 0.6) is 0 Å². The number of anilines is 1. The van der Waals surface area contributed by atoms with Crippen molar-refractivity contribution in [2.45, 2.75) is 6.42 Å². The topological polar surface area (TPSA) is 131 Å². The minimum absolute atomic E-state index is 0.0741. The van der Waals surface area contributed by atoms with E-state index in [1.807, 2.05) is 0 Å². The van der Waals surface area contributed by atoms with Crippen LogP contribution in [0.3, 0.4) is 0 Å². The lowest BCUT2D eigenvalue weighted by Gasteiger charge is -1.99. The molecule has 1 aromatic rings. The molecule has 0 atom stereocenters. The Kier molecular flexibility index (Phi) is 4.46. The molecule has 17 heavy (non-hydrogen) atoms. The Labute approximate surface area is 96.5 Å². The molecule has 1 aromatic heterocycles. The minimum Gasteiger partial charge on any atom is -0.393 e. The zero-order chi connectivity index (χ0) is 12.7. The van der Waals surface area contributed by atoms with Crippen molar-refractivity contribution in [1.82, 2.24) is 4.98 Å². The zero-order valence-corrected chi connectivity index (χ0v) is 8.85. The summed E-state index contributed by atoms with van der Waals surface area (Å²) in [4.78, 5) is 16.3. The SMILES string of the molecule is [N-]=[N+]=NCCC=Cc1cncc([N+](=O)[O-])c1N. The predicted molar refractivity (Wildman–Crippen MR) is 63.0 cm³/mol. The molecule has 8 heteroatoms. The van der Waals surface area contributed by atoms with Gasteiger partial charge in [0.05, 0.1) is 4.92 Å². The van der Waals surface area contributed by atoms with Crippen LogP contribution in [0.15, 0.2) is 23.6 Å². The summed E-state index contributed by atoms with van der Waals surface area (Å²) < 4.78 is 0. The minimum atomic E-state index is -0.584. The van der Waals surface area contributed by atoms with Crippen LogP contribution in [0.1, 0.15) is 12.0 Å². The Morgan fingerprint density at radius 2 is 2.41 bits per heavy atom. The number of pyridine rings is 1. The van der Waals surface area contributed by atoms with E-state index in [2.05, 4.69) is 15.0 Å². The van der Waals surface area contributed by atoms with Gasteiger partial charge in [0.2, 0.25) is 0 Å². The van der Waals surface area contributed by atoms with E-state index in [1.165, 1.54) is 6.20 Å². The van der Waals surface area contributed by atoms with Gasteiger partial charge in [-0.1, -0.05) is 17.3 Å². The van der Waals surface area contributed by atoms with Crippen molar-refractivity contribution in [1.29, 1.82) is 0 Å². The van der Waals surface area contributed by atoms with Gasteiger partial charge in [-0.3, -0.25) is 15.1 Å². The summed E-state index contributed by atoms with van der Waals surface area (Å²) in [6.07, 6.45) is 6.40. The summed E-state index contributed by atoms with van der Waals surface area (Å²) in [7, 11) is 0. The molecule has 88 valence electrons. The molecule has 1 heterocycles. The van der Waals surface area contributed by atoms with Crippen LogP contribution in [-0.2, 0) is 0 Å². The molecule has 2 N–H and O–H groups in total. The van der Waals surface area contributed by atoms with Crippen LogP contribution in [0.25, 0.3) is 16.5 Å². The van der Waals surface area contributed by atoms with E-state index in [-0.39, 0.29) is 11.4 Å². The van der Waals surface area contributed by atoms with Gasteiger partial charge in [0.25, 0.3) is 0 Å². The highest BCUT2D eigenvalue weighted by molar-refractivity contribution is 5.71. The lowest BCUT2D eigenvalue weighted by molar-refractivity contribution is -0.384. The van der Waals surface area contributed by atoms with Gasteiger partial charge in [0, 0.05) is 23.2 Å². The summed E-state index contributed by atoms with van der Waals surface area (Å²) in [6.45, 7) is 0.329. The number of rotatable bonds is 5. The van der Waals surface area contributed by atoms with Gasteiger partial charge < -0.3 is 5.73 Å². The average molecular weight is 234 g/mol. The molecule has 0 fully saturated rings. The number of hydrogen-bond donors (Lipinski definition) is 1. The van der Waals surface area contributed by atoms with Crippen molar-refractivity contribution in [2.75, 3.05) is 12.3 Å². The maximum Gasteiger partial charge on any atom is 0.310 e. The second-order valence-electron chi connectivity index (χ2n) is 3.06. The van der Waals surface area contributed by atoms with Gasteiger partial charge >= 0.3 is 5.69 Å². The van der Waals surface area contributed by atoms with Crippen molar-refractivity contribution in [3.8, 4) is 0 Å². The number of nitrogen functional groups attached to an aromatic ring is 1. The fraction of sp³-hybridized carbons (Fsp3) is 0.222. The molecule has 0 aliphatic carbocycles. The monoisotopic (exact) mass is 234 g/mol. The van der Waals surface area contributed by atoms with E-state index in [0.29, 0.717) is 18.5 Å². The first kappa shape index (κ1) is 12.5. The maximum atomic E-state index is 10.6. The molecule has 0 unspecified atom stereocenters. The molecule has 0 saturated heterocycles. The molecule has 0 aliphatic heterocycles. The van der Waals surface area contributed by atoms with Crippen molar-refractivity contribution in [2.24, 2.45) is 5.11 Å². The summed E-state index contributed by atoms with van der Waals surface area (Å²) in [5, 5.41) is 13.9. The average Bonchev–Trinajstić information content (AvgIpc) is 2.30. The van der Waals surface area contributed by atoms with Gasteiger partial charge in [-0.15, -0.1) is 0 Å². The Balaban J connectivity index is 2.81. The Morgan fingerprint density at radius 1 is 1.65 bits per heavy atom. The summed E-state index contributed by atoms with van der Waals surface area (Å²) in [6, 6.07) is 0. The summed E-state index contributed by atoms with van der Waals surface area (Å²) >= 11 is 0. The van der Waals surface area contributed by atoms with Crippen molar-refractivity contribution in [3.05, 3.63) is 44.6 Å². The lowest BCUT2D eigenvalue weighted by Crippen LogP contribution is -1.98. The quantitative estimate of drug-likeness (QED) is 0.209. The molecule has 1 rings (SSSR count). The molecular formula is C9H10N6O2. The third-order valence-corrected chi connectivity index (χ3v) is 1.95. The number of nitrogens with zero attached hydrogens (tertiary/aromatic N) is 5. The van der Waals surface area contributed by atoms with E-state index in [0.717, 1.165) is 6.20 Å². The van der Waals surface area contributed by atoms with Gasteiger partial charge in [0.1, 0.15) is 11.9 Å². The second kappa shape index (κ2) is 6.09. The maximum absolute atomic E-state index is 10.6. The molecule has 0 radical (unpaired) electrons. The number of nitro groups is 1. The molecule has 0 aromatic carbocycles. The Hall–Kier alpha value is -2.60. The van der Waals surface area contributed by atoms with Crippen molar-refractivity contribution < 1.29 is 4.92 Å². The highest BCUT2D eigenvalue weighted by atomic mass is 16.6. The third-order valence-electron chi connectivity index (χ3n) is 1.95. The van der Waals surface area contributed by atoms with Crippen LogP contribution in [0, 0.1) is 10.1 Å². The number of nitrogens with two attached hydrogens (primary N) is 1. The van der Waals surface area contributed by atoms with E-state index in [9.17, 15) is 10.1 Å². The van der Waals surface area contributed by atoms with Crippen LogP contribution in [0.2, 0.25) is 0 Å². The predicted octanol–water partition coefficient (Wildman–Crippen LogP) is 2.29. The van der Waals surface area contributed by atoms with Gasteiger partial charge in [-0.05, 0) is 12.0 Å². The fourth-order valence-electron chi connectivity index (χ4n) is 1.14. The zero-order valence-electron chi connectivity index (χ0n) is 8.85. The molecular weight excluding hydrogens is 224 g/mol. The van der Waals surface area contributed by atoms with Crippen LogP contribution < -0.4 is 5.73 Å². The summed E-state index contributed by atoms with van der Waals surface area (Å²) in [5.41, 5.74) is 14.0. The largest absolute Gasteiger partial charge is 0.393 e. The van der Waals surface area contributed by atoms with E-state index in [1.54, 1.807) is 12.2 Å². The number of hydrogen-bond acceptors (Lipinski definition) is 5. The van der Waals surface area contributed by atoms with Gasteiger partial charge in [-0.2, -0.15) is 0 Å². The number of azide groups is 1. The molecule has 0 amide bonds. The van der Waals surface area contributed by atoms with Crippen molar-refractivity contribution >= 4 is 17.5 Å². The molecule has 0 bridgehead atoms. The molecule has 0 spiro atoms. The molecule has 8 nitrogen and oxygen atoms in total. The van der Waals surface area contributed by atoms with Crippen LogP contribution in [-0.4, -0.2) is 16.5 Å². The fourth-order valence-corrected chi connectivity index (χ4v) is 1.14. The summed E-state index contributed by atoms with van der Waals surface area (Å²) in [5.74, 6) is 0. The standard InChI is InChI=1S/C9H10N6O2/c10-9-7(3-1-2-4-13-14-11)5-12-6-8(9)15(16)17/h1,3,5-6H,2,4H2,(H2,10,12). The first-order chi connectivity index (χ1) is 8.16. The van der Waals surface area contributed by atoms with Crippen LogP contribution in [0.4, 0.5) is 11.4 Å². The molecule has 0 aliphatic rings. The normalized spacial score (nSPS) is 10.1. The van der Waals surface area contributed by atoms with E-state index >= 15 is 0 Å². The first-order valence-corrected chi connectivity index (χ1v) is 4.72. The highest BCUT2D eigenvalue weighted by Gasteiger charge is 2.13. The molecule has 0 saturated carbocycles. The van der Waals surface area contributed by atoms with Gasteiger partial charge in [0.15, 0.2) is 0 Å². The van der Waals surface area contributed by atoms with Crippen LogP contribution >= 0.6 is 0 Å². The van der Waals surface area contributed by atoms with E-state index in [4.69, 9.17) is 11.3 Å². The first-order valence-electron chi connectivity index (χ1n) is 4.72. The Bertz CT molecular complexity index is 492. The van der Waals surface area contributed by atoms with E-state index < -0.39 is 4.92 Å². The number of aromatic nitrogens is 1. The smallest absolute Gasteiger partial charge is 0.310 e. The lowest BCUT2D eigenvalue weighted by atomic mass is 10.2. The third kappa shape index (κ3) is 3.47. The van der Waals surface area contributed by atoms with Gasteiger partial charge in [-0.25, -0.2) is 0 Å². The second-order valence-corrected chi connectivity index (χ2v) is 3.06. The van der Waals surface area contributed by atoms with Crippen molar-refractivity contribution in [3.63, 3.8) is 0 Å².